The fraction of sp³-hybridized carbons (Fsp3) is 0.267. The number of nitrogens with zero attached hydrogens (tertiary/aromatic N) is 3. The van der Waals surface area contributed by atoms with Crippen LogP contribution in [0, 0.1) is 0 Å². The molecule has 1 aromatic carbocycles. The Morgan fingerprint density at radius 1 is 1.24 bits per heavy atom. The molecule has 0 saturated carbocycles. The maximum atomic E-state index is 12.1. The molecule has 0 atom stereocenters. The van der Waals surface area contributed by atoms with Crippen molar-refractivity contribution in [3.05, 3.63) is 42.0 Å². The minimum atomic E-state index is -0.0953. The van der Waals surface area contributed by atoms with Gasteiger partial charge in [0.1, 0.15) is 5.82 Å². The minimum absolute atomic E-state index is 0.0953. The molecule has 0 unspecified atom stereocenters. The number of nitrogen functional groups attached to an aromatic ring is 1. The number of rotatable bonds is 5. The summed E-state index contributed by atoms with van der Waals surface area (Å²) in [6.07, 6.45) is 0. The fourth-order valence-corrected chi connectivity index (χ4v) is 1.81. The maximum absolute atomic E-state index is 12.1. The molecule has 2 rings (SSSR count). The second-order valence-electron chi connectivity index (χ2n) is 4.98. The lowest BCUT2D eigenvalue weighted by atomic mass is 10.1. The third-order valence-electron chi connectivity index (χ3n) is 2.95. The molecule has 0 spiro atoms. The van der Waals surface area contributed by atoms with Crippen molar-refractivity contribution in [2.24, 2.45) is 0 Å². The third-order valence-corrected chi connectivity index (χ3v) is 2.95. The van der Waals surface area contributed by atoms with E-state index in [0.29, 0.717) is 23.6 Å². The average Bonchev–Trinajstić information content (AvgIpc) is 2.47. The van der Waals surface area contributed by atoms with E-state index in [1.54, 1.807) is 24.3 Å². The van der Waals surface area contributed by atoms with E-state index in [2.05, 4.69) is 15.5 Å². The number of hydrogen-bond donors (Lipinski definition) is 2. The molecule has 3 N–H and O–H groups in total. The van der Waals surface area contributed by atoms with Crippen LogP contribution in [0.5, 0.6) is 0 Å². The lowest BCUT2D eigenvalue weighted by molar-refractivity contribution is 0.0951. The van der Waals surface area contributed by atoms with E-state index in [0.717, 1.165) is 12.1 Å². The lowest BCUT2D eigenvalue weighted by Crippen LogP contribution is -2.31. The summed E-state index contributed by atoms with van der Waals surface area (Å²) in [5.74, 6) is 0.276. The standard InChI is InChI=1S/C15H19N5O/c1-20(2)9-8-17-15(21)12-5-3-4-11(10-12)13-6-7-14(16)19-18-13/h3-7,10H,8-9H2,1-2H3,(H2,16,19)(H,17,21). The highest BCUT2D eigenvalue weighted by molar-refractivity contribution is 5.95. The fourth-order valence-electron chi connectivity index (χ4n) is 1.81. The molecule has 0 aliphatic heterocycles. The summed E-state index contributed by atoms with van der Waals surface area (Å²) >= 11 is 0. The predicted molar refractivity (Wildman–Crippen MR) is 82.8 cm³/mol. The molecule has 1 heterocycles. The van der Waals surface area contributed by atoms with Crippen molar-refractivity contribution >= 4 is 11.7 Å². The molecule has 6 heteroatoms. The molecule has 0 bridgehead atoms. The van der Waals surface area contributed by atoms with Crippen LogP contribution in [-0.2, 0) is 0 Å². The van der Waals surface area contributed by atoms with Crippen LogP contribution in [0.2, 0.25) is 0 Å². The summed E-state index contributed by atoms with van der Waals surface area (Å²) in [4.78, 5) is 14.1. The zero-order valence-electron chi connectivity index (χ0n) is 12.2. The van der Waals surface area contributed by atoms with Gasteiger partial charge in [-0.2, -0.15) is 0 Å². The molecule has 21 heavy (non-hydrogen) atoms. The van der Waals surface area contributed by atoms with Gasteiger partial charge in [-0.15, -0.1) is 10.2 Å². The quantitative estimate of drug-likeness (QED) is 0.856. The smallest absolute Gasteiger partial charge is 0.251 e. The van der Waals surface area contributed by atoms with Crippen LogP contribution < -0.4 is 11.1 Å². The number of anilines is 1. The molecule has 0 aliphatic carbocycles. The molecule has 0 radical (unpaired) electrons. The molecule has 6 nitrogen and oxygen atoms in total. The van der Waals surface area contributed by atoms with E-state index in [1.165, 1.54) is 0 Å². The number of aromatic nitrogens is 2. The summed E-state index contributed by atoms with van der Waals surface area (Å²) in [5.41, 5.74) is 7.65. The van der Waals surface area contributed by atoms with Gasteiger partial charge in [-0.3, -0.25) is 4.79 Å². The van der Waals surface area contributed by atoms with E-state index >= 15 is 0 Å². The van der Waals surface area contributed by atoms with Crippen LogP contribution in [0.4, 0.5) is 5.82 Å². The average molecular weight is 285 g/mol. The molecule has 0 fully saturated rings. The van der Waals surface area contributed by atoms with Gasteiger partial charge in [-0.05, 0) is 38.4 Å². The van der Waals surface area contributed by atoms with Crippen molar-refractivity contribution in [1.82, 2.24) is 20.4 Å². The van der Waals surface area contributed by atoms with Crippen molar-refractivity contribution in [3.63, 3.8) is 0 Å². The number of carbonyl (C=O) groups is 1. The highest BCUT2D eigenvalue weighted by Gasteiger charge is 2.07. The lowest BCUT2D eigenvalue weighted by Gasteiger charge is -2.10. The van der Waals surface area contributed by atoms with E-state index < -0.39 is 0 Å². The van der Waals surface area contributed by atoms with Gasteiger partial charge in [0, 0.05) is 24.2 Å². The highest BCUT2D eigenvalue weighted by Crippen LogP contribution is 2.18. The number of hydrogen-bond acceptors (Lipinski definition) is 5. The predicted octanol–water partition coefficient (Wildman–Crippen LogP) is 1.02. The number of likely N-dealkylation sites (N-methyl/N-ethyl adjacent to an activating group) is 1. The normalized spacial score (nSPS) is 10.6. The Bertz CT molecular complexity index is 610. The molecule has 1 aromatic heterocycles. The van der Waals surface area contributed by atoms with E-state index in [1.807, 2.05) is 31.1 Å². The summed E-state index contributed by atoms with van der Waals surface area (Å²) in [5, 5.41) is 10.7. The molecule has 0 saturated heterocycles. The van der Waals surface area contributed by atoms with E-state index in [4.69, 9.17) is 5.73 Å². The highest BCUT2D eigenvalue weighted by atomic mass is 16.1. The Morgan fingerprint density at radius 2 is 2.05 bits per heavy atom. The molecular formula is C15H19N5O. The summed E-state index contributed by atoms with van der Waals surface area (Å²) in [7, 11) is 3.93. The van der Waals surface area contributed by atoms with Crippen LogP contribution in [0.3, 0.4) is 0 Å². The minimum Gasteiger partial charge on any atom is -0.382 e. The van der Waals surface area contributed by atoms with Gasteiger partial charge in [-0.1, -0.05) is 12.1 Å². The van der Waals surface area contributed by atoms with Gasteiger partial charge >= 0.3 is 0 Å². The van der Waals surface area contributed by atoms with Crippen LogP contribution in [0.15, 0.2) is 36.4 Å². The topological polar surface area (TPSA) is 84.1 Å². The molecule has 110 valence electrons. The first kappa shape index (κ1) is 14.9. The van der Waals surface area contributed by atoms with Gasteiger partial charge < -0.3 is 16.0 Å². The van der Waals surface area contributed by atoms with Crippen molar-refractivity contribution < 1.29 is 4.79 Å². The van der Waals surface area contributed by atoms with Crippen molar-refractivity contribution in [2.75, 3.05) is 32.9 Å². The van der Waals surface area contributed by atoms with Gasteiger partial charge in [0.05, 0.1) is 5.69 Å². The summed E-state index contributed by atoms with van der Waals surface area (Å²) in [6.45, 7) is 1.41. The Kier molecular flexibility index (Phi) is 4.84. The largest absolute Gasteiger partial charge is 0.382 e. The van der Waals surface area contributed by atoms with Gasteiger partial charge in [0.15, 0.2) is 0 Å². The molecule has 2 aromatic rings. The van der Waals surface area contributed by atoms with Gasteiger partial charge in [0.2, 0.25) is 0 Å². The number of benzene rings is 1. The summed E-state index contributed by atoms with van der Waals surface area (Å²) < 4.78 is 0. The first-order chi connectivity index (χ1) is 10.1. The van der Waals surface area contributed by atoms with Crippen LogP contribution in [-0.4, -0.2) is 48.2 Å². The first-order valence-electron chi connectivity index (χ1n) is 6.69. The van der Waals surface area contributed by atoms with Crippen LogP contribution >= 0.6 is 0 Å². The number of nitrogens with two attached hydrogens (primary N) is 1. The van der Waals surface area contributed by atoms with Crippen molar-refractivity contribution in [3.8, 4) is 11.3 Å². The second kappa shape index (κ2) is 6.81. The summed E-state index contributed by atoms with van der Waals surface area (Å²) in [6, 6.07) is 10.8. The second-order valence-corrected chi connectivity index (χ2v) is 4.98. The Labute approximate surface area is 124 Å². The zero-order valence-corrected chi connectivity index (χ0v) is 12.2. The van der Waals surface area contributed by atoms with Crippen LogP contribution in [0.1, 0.15) is 10.4 Å². The number of carbonyl (C=O) groups excluding carboxylic acids is 1. The van der Waals surface area contributed by atoms with Gasteiger partial charge in [0.25, 0.3) is 5.91 Å². The zero-order chi connectivity index (χ0) is 15.2. The third kappa shape index (κ3) is 4.25. The van der Waals surface area contributed by atoms with E-state index in [9.17, 15) is 4.79 Å². The SMILES string of the molecule is CN(C)CCNC(=O)c1cccc(-c2ccc(N)nn2)c1. The first-order valence-corrected chi connectivity index (χ1v) is 6.69. The Morgan fingerprint density at radius 3 is 2.71 bits per heavy atom. The monoisotopic (exact) mass is 285 g/mol. The number of nitrogens with one attached hydrogen (secondary N) is 1. The Balaban J connectivity index is 2.10. The van der Waals surface area contributed by atoms with E-state index in [-0.39, 0.29) is 5.91 Å². The van der Waals surface area contributed by atoms with Crippen molar-refractivity contribution in [2.45, 2.75) is 0 Å². The maximum Gasteiger partial charge on any atom is 0.251 e. The van der Waals surface area contributed by atoms with Crippen molar-refractivity contribution in [1.29, 1.82) is 0 Å². The number of amides is 1. The molecule has 1 amide bonds. The molecule has 0 aliphatic rings. The van der Waals surface area contributed by atoms with Gasteiger partial charge in [-0.25, -0.2) is 0 Å². The molecular weight excluding hydrogens is 266 g/mol. The Hall–Kier alpha value is -2.47. The van der Waals surface area contributed by atoms with Crippen LogP contribution in [0.25, 0.3) is 11.3 Å².